The summed E-state index contributed by atoms with van der Waals surface area (Å²) >= 11 is 0. The predicted octanol–water partition coefficient (Wildman–Crippen LogP) is 32.4. The Balaban J connectivity index is 0.560. The van der Waals surface area contributed by atoms with Crippen LogP contribution < -0.4 is 14.7 Å². The molecule has 0 amide bonds. The molecule has 3 aliphatic carbocycles. The normalized spacial score (nSPS) is 12.9. The molecule has 4 nitrogen and oxygen atoms in total. The standard InChI is InChI=1S/C117H108N4/c1-4-5-6-13-28-84-48-64-100(65-49-84)121-113-40-25-24-39-109(113)110-78-89(57-74-114(110)121)87-50-66-96(67-51-87)118(95-58-41-82(2)42-59-95)97-68-52-88(53-69-97)90-54-73-106-105-70-43-83(3)77-111(105)117(112(106)79-90,75-26-9-7-14-29-85-44-60-98(61-45-85)119(93-31-16-11-17-32-93)115-80-91-55-71-101(91)103-35-20-22-37-107(103)115)76-27-10-8-15-30-86-46-62-99(63-47-86)120(94-33-18-12-19-34-94)116-81-92-56-72-102(92)104-36-21-23-38-108(104)116/h11-12,16-25,31-54,57-70,73-74,77-81H,4-10,13-15,26-30,55-56,71-72,75-76H2,1-3H3. The van der Waals surface area contributed by atoms with Crippen LogP contribution in [0.3, 0.4) is 0 Å². The van der Waals surface area contributed by atoms with E-state index in [0.717, 1.165) is 74.8 Å². The average Bonchev–Trinajstić information content (AvgIpc) is 1.61. The van der Waals surface area contributed by atoms with Crippen molar-refractivity contribution in [2.45, 2.75) is 161 Å². The molecule has 0 saturated heterocycles. The predicted molar refractivity (Wildman–Crippen MR) is 516 cm³/mol. The highest BCUT2D eigenvalue weighted by molar-refractivity contribution is 6.11. The lowest BCUT2D eigenvalue weighted by Gasteiger charge is -2.33. The third-order valence-corrected chi connectivity index (χ3v) is 27.2. The maximum atomic E-state index is 2.63. The van der Waals surface area contributed by atoms with E-state index in [0.29, 0.717) is 0 Å². The van der Waals surface area contributed by atoms with Gasteiger partial charge in [0.15, 0.2) is 0 Å². The van der Waals surface area contributed by atoms with Gasteiger partial charge in [-0.2, -0.15) is 0 Å². The minimum absolute atomic E-state index is 0.109. The first kappa shape index (κ1) is 76.9. The first-order valence-corrected chi connectivity index (χ1v) is 45.2. The van der Waals surface area contributed by atoms with Crippen molar-refractivity contribution in [1.82, 2.24) is 4.57 Å². The van der Waals surface area contributed by atoms with Crippen LogP contribution in [-0.4, -0.2) is 4.57 Å². The monoisotopic (exact) mass is 1570 g/mol. The van der Waals surface area contributed by atoms with Gasteiger partial charge in [-0.1, -0.05) is 288 Å². The number of aromatic nitrogens is 1. The molecule has 20 rings (SSSR count). The summed E-state index contributed by atoms with van der Waals surface area (Å²) in [5.41, 5.74) is 37.9. The highest BCUT2D eigenvalue weighted by Crippen LogP contribution is 2.56. The minimum Gasteiger partial charge on any atom is -0.311 e. The lowest BCUT2D eigenvalue weighted by molar-refractivity contribution is 0.399. The smallest absolute Gasteiger partial charge is 0.0542 e. The highest BCUT2D eigenvalue weighted by Gasteiger charge is 2.43. The van der Waals surface area contributed by atoms with Gasteiger partial charge in [-0.05, 0) is 319 Å². The zero-order chi connectivity index (χ0) is 81.2. The first-order chi connectivity index (χ1) is 59.7. The van der Waals surface area contributed by atoms with Crippen molar-refractivity contribution in [3.63, 3.8) is 0 Å². The van der Waals surface area contributed by atoms with Crippen molar-refractivity contribution in [1.29, 1.82) is 0 Å². The third kappa shape index (κ3) is 15.2. The van der Waals surface area contributed by atoms with Gasteiger partial charge in [-0.15, -0.1) is 0 Å². The van der Waals surface area contributed by atoms with E-state index >= 15 is 0 Å². The highest BCUT2D eigenvalue weighted by atomic mass is 15.2. The van der Waals surface area contributed by atoms with Crippen LogP contribution in [0.5, 0.6) is 0 Å². The van der Waals surface area contributed by atoms with E-state index in [1.165, 1.54) is 255 Å². The van der Waals surface area contributed by atoms with Gasteiger partial charge in [0.2, 0.25) is 0 Å². The summed E-state index contributed by atoms with van der Waals surface area (Å²) in [6.07, 6.45) is 24.8. The number of fused-ring (bicyclic) bond motifs is 12. The molecule has 0 N–H and O–H groups in total. The van der Waals surface area contributed by atoms with Crippen LogP contribution >= 0.6 is 0 Å². The molecule has 0 atom stereocenters. The van der Waals surface area contributed by atoms with Crippen LogP contribution in [-0.2, 0) is 50.4 Å². The molecule has 3 aliphatic rings. The maximum Gasteiger partial charge on any atom is 0.0542 e. The molecule has 0 bridgehead atoms. The maximum absolute atomic E-state index is 2.63. The van der Waals surface area contributed by atoms with Gasteiger partial charge in [-0.3, -0.25) is 0 Å². The second-order valence-electron chi connectivity index (χ2n) is 34.9. The van der Waals surface area contributed by atoms with E-state index in [1.807, 2.05) is 0 Å². The molecular weight excluding hydrogens is 1460 g/mol. The van der Waals surface area contributed by atoms with Crippen LogP contribution in [0.15, 0.2) is 346 Å². The summed E-state index contributed by atoms with van der Waals surface area (Å²) in [7, 11) is 0. The molecule has 0 spiro atoms. The zero-order valence-electron chi connectivity index (χ0n) is 70.5. The minimum atomic E-state index is -0.109. The average molecular weight is 1570 g/mol. The van der Waals surface area contributed by atoms with Crippen LogP contribution in [0.1, 0.15) is 158 Å². The number of anilines is 9. The second-order valence-corrected chi connectivity index (χ2v) is 34.9. The van der Waals surface area contributed by atoms with Crippen molar-refractivity contribution in [3.8, 4) is 39.1 Å². The lowest BCUT2D eigenvalue weighted by Crippen LogP contribution is -2.25. The first-order valence-electron chi connectivity index (χ1n) is 45.2. The second kappa shape index (κ2) is 34.2. The lowest BCUT2D eigenvalue weighted by atomic mass is 9.70. The number of nitrogens with zero attached hydrogens (tertiary/aromatic N) is 4. The summed E-state index contributed by atoms with van der Waals surface area (Å²) in [5, 5.41) is 7.97. The van der Waals surface area contributed by atoms with Gasteiger partial charge in [-0.25, -0.2) is 0 Å². The van der Waals surface area contributed by atoms with E-state index in [-0.39, 0.29) is 5.41 Å². The summed E-state index contributed by atoms with van der Waals surface area (Å²) in [5.74, 6) is 0. The van der Waals surface area contributed by atoms with Gasteiger partial charge in [0.05, 0.1) is 22.4 Å². The number of benzene rings is 16. The van der Waals surface area contributed by atoms with Crippen LogP contribution in [0.25, 0.3) is 82.4 Å². The Hall–Kier alpha value is -12.8. The van der Waals surface area contributed by atoms with E-state index < -0.39 is 0 Å². The topological polar surface area (TPSA) is 14.7 Å². The molecule has 121 heavy (non-hydrogen) atoms. The van der Waals surface area contributed by atoms with Gasteiger partial charge >= 0.3 is 0 Å². The molecule has 0 radical (unpaired) electrons. The third-order valence-electron chi connectivity index (χ3n) is 27.2. The Morgan fingerprint density at radius 3 is 1.16 bits per heavy atom. The van der Waals surface area contributed by atoms with Crippen molar-refractivity contribution >= 4 is 94.5 Å². The van der Waals surface area contributed by atoms with Crippen molar-refractivity contribution < 1.29 is 0 Å². The fourth-order valence-electron chi connectivity index (χ4n) is 20.6. The van der Waals surface area contributed by atoms with E-state index in [4.69, 9.17) is 0 Å². The van der Waals surface area contributed by atoms with E-state index in [9.17, 15) is 0 Å². The van der Waals surface area contributed by atoms with Gasteiger partial charge in [0.25, 0.3) is 0 Å². The summed E-state index contributed by atoms with van der Waals surface area (Å²) in [6.45, 7) is 6.77. The molecule has 17 aromatic rings. The Morgan fingerprint density at radius 1 is 0.273 bits per heavy atom. The van der Waals surface area contributed by atoms with E-state index in [1.54, 1.807) is 0 Å². The molecule has 0 unspecified atom stereocenters. The largest absolute Gasteiger partial charge is 0.311 e. The van der Waals surface area contributed by atoms with E-state index in [2.05, 4.69) is 386 Å². The summed E-state index contributed by atoms with van der Waals surface area (Å²) in [4.78, 5) is 7.38. The molecule has 596 valence electrons. The molecule has 16 aromatic carbocycles. The Kier molecular flexibility index (Phi) is 21.7. The molecular formula is C117H108N4. The Labute approximate surface area is 716 Å². The molecule has 4 heteroatoms. The van der Waals surface area contributed by atoms with Gasteiger partial charge in [0.1, 0.15) is 0 Å². The summed E-state index contributed by atoms with van der Waals surface area (Å²) < 4.78 is 2.45. The number of para-hydroxylation sites is 3. The number of aryl methyl sites for hydroxylation is 9. The number of unbranched alkanes of at least 4 members (excludes halogenated alkanes) is 9. The SMILES string of the molecule is CCCCCCc1ccc(-n2c3ccccc3c3cc(-c4ccc(N(c5ccc(C)cc5)c5ccc(-c6ccc7c(c6)C(CCCCCCc6ccc(N(c8ccccc8)c8cc9c(c%10ccccc8%10)CC9)cc6)(CCCCCCc6ccc(N(c8ccccc8)c8cc9c(c%10ccccc8%10)CC9)cc6)c6cc(C)ccc6-7)cc5)cc4)ccc32)cc1. The molecule has 0 saturated carbocycles. The van der Waals surface area contributed by atoms with Crippen molar-refractivity contribution in [3.05, 3.63) is 407 Å². The fraction of sp³-hybridized carbons (Fsp3) is 0.214. The van der Waals surface area contributed by atoms with Crippen molar-refractivity contribution in [2.24, 2.45) is 0 Å². The molecule has 0 aliphatic heterocycles. The van der Waals surface area contributed by atoms with Crippen LogP contribution in [0.2, 0.25) is 0 Å². The Bertz CT molecular complexity index is 6360. The molecule has 1 aromatic heterocycles. The van der Waals surface area contributed by atoms with Gasteiger partial charge < -0.3 is 19.3 Å². The molecule has 1 heterocycles. The quantitative estimate of drug-likeness (QED) is 0.0403. The van der Waals surface area contributed by atoms with Gasteiger partial charge in [0, 0.05) is 72.5 Å². The summed E-state index contributed by atoms with van der Waals surface area (Å²) in [6, 6.07) is 132. The van der Waals surface area contributed by atoms with Crippen LogP contribution in [0.4, 0.5) is 51.2 Å². The molecule has 0 fully saturated rings. The number of rotatable bonds is 31. The number of hydrogen-bond donors (Lipinski definition) is 0. The number of hydrogen-bond acceptors (Lipinski definition) is 3. The zero-order valence-corrected chi connectivity index (χ0v) is 70.5. The fourth-order valence-corrected chi connectivity index (χ4v) is 20.6. The Morgan fingerprint density at radius 2 is 0.653 bits per heavy atom. The van der Waals surface area contributed by atoms with Crippen LogP contribution in [0, 0.1) is 13.8 Å². The van der Waals surface area contributed by atoms with Crippen molar-refractivity contribution in [2.75, 3.05) is 14.7 Å².